The average Bonchev–Trinajstić information content (AvgIpc) is 2.77. The number of ether oxygens (including phenoxy) is 2. The average molecular weight is 438 g/mol. The van der Waals surface area contributed by atoms with E-state index in [0.717, 1.165) is 39.6 Å². The second-order valence-electron chi connectivity index (χ2n) is 7.91. The lowest BCUT2D eigenvalue weighted by molar-refractivity contribution is 0.324. The quantitative estimate of drug-likeness (QED) is 0.610. The Balaban J connectivity index is 1.99. The van der Waals surface area contributed by atoms with Crippen LogP contribution in [-0.2, 0) is 6.42 Å². The highest BCUT2D eigenvalue weighted by Crippen LogP contribution is 2.40. The van der Waals surface area contributed by atoms with Gasteiger partial charge in [-0.3, -0.25) is 4.79 Å². The van der Waals surface area contributed by atoms with E-state index in [1.807, 2.05) is 25.1 Å². The van der Waals surface area contributed by atoms with Gasteiger partial charge in [-0.15, -0.1) is 0 Å². The van der Waals surface area contributed by atoms with Gasteiger partial charge in [0, 0.05) is 19.2 Å². The van der Waals surface area contributed by atoms with Crippen molar-refractivity contribution < 1.29 is 9.47 Å². The van der Waals surface area contributed by atoms with Gasteiger partial charge in [-0.05, 0) is 78.8 Å². The van der Waals surface area contributed by atoms with Crippen molar-refractivity contribution in [1.29, 1.82) is 0 Å². The first-order valence-corrected chi connectivity index (χ1v) is 10.7. The zero-order valence-electron chi connectivity index (χ0n) is 18.5. The van der Waals surface area contributed by atoms with E-state index in [1.165, 1.54) is 0 Å². The molecular formula is C24H27N3O3S. The Bertz CT molecular complexity index is 1230. The van der Waals surface area contributed by atoms with Gasteiger partial charge in [-0.25, -0.2) is 0 Å². The first-order valence-electron chi connectivity index (χ1n) is 10.2. The Kier molecular flexibility index (Phi) is 5.62. The summed E-state index contributed by atoms with van der Waals surface area (Å²) in [7, 11) is 5.05. The summed E-state index contributed by atoms with van der Waals surface area (Å²) in [4.78, 5) is 18.5. The molecule has 31 heavy (non-hydrogen) atoms. The predicted octanol–water partition coefficient (Wildman–Crippen LogP) is 3.61. The zero-order chi connectivity index (χ0) is 22.3. The van der Waals surface area contributed by atoms with E-state index >= 15 is 0 Å². The van der Waals surface area contributed by atoms with Crippen LogP contribution in [0.5, 0.6) is 11.5 Å². The van der Waals surface area contributed by atoms with Crippen molar-refractivity contribution in [3.8, 4) is 11.5 Å². The van der Waals surface area contributed by atoms with Gasteiger partial charge in [0.15, 0.2) is 16.6 Å². The summed E-state index contributed by atoms with van der Waals surface area (Å²) in [5.74, 6) is 1.32. The minimum atomic E-state index is -0.336. The molecule has 162 valence electrons. The van der Waals surface area contributed by atoms with Crippen LogP contribution in [-0.4, -0.2) is 42.8 Å². The molecule has 1 atom stereocenters. The summed E-state index contributed by atoms with van der Waals surface area (Å²) < 4.78 is 11.1. The molecule has 0 spiro atoms. The summed E-state index contributed by atoms with van der Waals surface area (Å²) in [6.45, 7) is 4.77. The minimum absolute atomic E-state index is 0.115. The minimum Gasteiger partial charge on any atom is -0.493 e. The molecule has 0 fully saturated rings. The van der Waals surface area contributed by atoms with Crippen LogP contribution >= 0.6 is 12.2 Å². The van der Waals surface area contributed by atoms with Crippen molar-refractivity contribution in [2.24, 2.45) is 0 Å². The molecule has 7 heteroatoms. The number of nitrogens with zero attached hydrogens (tertiary/aromatic N) is 1. The number of aromatic amines is 1. The number of nitrogens with one attached hydrogen (secondary N) is 2. The molecule has 2 aromatic carbocycles. The number of aryl methyl sites for hydroxylation is 2. The monoisotopic (exact) mass is 437 g/mol. The smallest absolute Gasteiger partial charge is 0.254 e. The Morgan fingerprint density at radius 2 is 1.81 bits per heavy atom. The Morgan fingerprint density at radius 3 is 2.48 bits per heavy atom. The first-order chi connectivity index (χ1) is 14.9. The number of aromatic nitrogens is 1. The van der Waals surface area contributed by atoms with Gasteiger partial charge in [0.05, 0.1) is 25.8 Å². The van der Waals surface area contributed by atoms with Gasteiger partial charge in [-0.1, -0.05) is 11.6 Å². The van der Waals surface area contributed by atoms with E-state index in [2.05, 4.69) is 34.3 Å². The molecule has 0 radical (unpaired) electrons. The van der Waals surface area contributed by atoms with E-state index < -0.39 is 0 Å². The van der Waals surface area contributed by atoms with Crippen molar-refractivity contribution >= 4 is 28.2 Å². The molecule has 1 aromatic heterocycles. The number of fused-ring (bicyclic) bond motifs is 2. The number of thiocarbonyl (C=S) groups is 1. The number of benzene rings is 2. The maximum atomic E-state index is 13.3. The van der Waals surface area contributed by atoms with Crippen LogP contribution in [0.25, 0.3) is 10.9 Å². The van der Waals surface area contributed by atoms with Crippen molar-refractivity contribution in [1.82, 2.24) is 15.2 Å². The van der Waals surface area contributed by atoms with Crippen LogP contribution in [0.3, 0.4) is 0 Å². The molecule has 1 aliphatic heterocycles. The first kappa shape index (κ1) is 21.2. The molecule has 1 unspecified atom stereocenters. The highest BCUT2D eigenvalue weighted by Gasteiger charge is 2.33. The summed E-state index contributed by atoms with van der Waals surface area (Å²) in [5.41, 5.74) is 5.73. The normalized spacial score (nSPS) is 15.5. The van der Waals surface area contributed by atoms with E-state index in [0.29, 0.717) is 28.7 Å². The molecule has 0 aliphatic carbocycles. The van der Waals surface area contributed by atoms with E-state index in [1.54, 1.807) is 21.3 Å². The van der Waals surface area contributed by atoms with E-state index in [9.17, 15) is 4.79 Å². The zero-order valence-corrected chi connectivity index (χ0v) is 19.3. The number of hydrogen-bond acceptors (Lipinski definition) is 4. The molecule has 1 aliphatic rings. The number of hydrogen-bond donors (Lipinski definition) is 2. The second-order valence-corrected chi connectivity index (χ2v) is 8.29. The number of H-pyrrole nitrogens is 1. The molecule has 6 nitrogen and oxygen atoms in total. The number of methoxy groups -OCH3 is 2. The fourth-order valence-electron chi connectivity index (χ4n) is 4.55. The summed E-state index contributed by atoms with van der Waals surface area (Å²) in [5, 5.41) is 4.69. The van der Waals surface area contributed by atoms with Gasteiger partial charge in [0.25, 0.3) is 5.56 Å². The largest absolute Gasteiger partial charge is 0.493 e. The van der Waals surface area contributed by atoms with E-state index in [4.69, 9.17) is 21.7 Å². The highest BCUT2D eigenvalue weighted by atomic mass is 32.1. The molecular weight excluding hydrogens is 410 g/mol. The number of rotatable bonds is 3. The summed E-state index contributed by atoms with van der Waals surface area (Å²) in [6.07, 6.45) is 0.789. The Morgan fingerprint density at radius 1 is 1.10 bits per heavy atom. The summed E-state index contributed by atoms with van der Waals surface area (Å²) >= 11 is 5.62. The fraction of sp³-hybridized carbons (Fsp3) is 0.333. The van der Waals surface area contributed by atoms with E-state index in [-0.39, 0.29) is 11.6 Å². The standard InChI is InChI=1S/C24H27N3O3S/c1-13-8-14(2)21-16(9-13)10-18(23(28)26-21)22-17-12-20(30-5)19(29-4)11-15(17)6-7-27(22)24(31)25-3/h8-12,22H,6-7H2,1-5H3,(H,25,31)(H,26,28). The SMILES string of the molecule is CNC(=S)N1CCc2cc(OC)c(OC)cc2C1c1cc2cc(C)cc(C)c2[nH]c1=O. The molecule has 0 saturated heterocycles. The highest BCUT2D eigenvalue weighted by molar-refractivity contribution is 7.80. The van der Waals surface area contributed by atoms with Crippen LogP contribution in [0.2, 0.25) is 0 Å². The molecule has 0 bridgehead atoms. The lowest BCUT2D eigenvalue weighted by Gasteiger charge is -2.39. The molecule has 2 heterocycles. The van der Waals surface area contributed by atoms with Gasteiger partial charge < -0.3 is 24.7 Å². The lowest BCUT2D eigenvalue weighted by Crippen LogP contribution is -2.46. The van der Waals surface area contributed by atoms with Crippen LogP contribution in [0.4, 0.5) is 0 Å². The second kappa shape index (κ2) is 8.23. The molecule has 0 saturated carbocycles. The molecule has 0 amide bonds. The van der Waals surface area contributed by atoms with Gasteiger partial charge in [0.2, 0.25) is 0 Å². The van der Waals surface area contributed by atoms with Gasteiger partial charge in [-0.2, -0.15) is 0 Å². The van der Waals surface area contributed by atoms with Crippen molar-refractivity contribution in [2.45, 2.75) is 26.3 Å². The van der Waals surface area contributed by atoms with Crippen molar-refractivity contribution in [2.75, 3.05) is 27.8 Å². The van der Waals surface area contributed by atoms with Crippen LogP contribution in [0, 0.1) is 13.8 Å². The van der Waals surface area contributed by atoms with Crippen molar-refractivity contribution in [3.63, 3.8) is 0 Å². The van der Waals surface area contributed by atoms with Gasteiger partial charge >= 0.3 is 0 Å². The van der Waals surface area contributed by atoms with Crippen LogP contribution in [0.15, 0.2) is 35.1 Å². The van der Waals surface area contributed by atoms with Crippen LogP contribution < -0.4 is 20.3 Å². The summed E-state index contributed by atoms with van der Waals surface area (Å²) in [6, 6.07) is 9.81. The maximum absolute atomic E-state index is 13.3. The van der Waals surface area contributed by atoms with Gasteiger partial charge in [0.1, 0.15) is 0 Å². The third-order valence-electron chi connectivity index (χ3n) is 5.97. The Hall–Kier alpha value is -3.06. The third kappa shape index (κ3) is 3.63. The number of pyridine rings is 1. The van der Waals surface area contributed by atoms with Crippen molar-refractivity contribution in [3.05, 3.63) is 68.5 Å². The third-order valence-corrected chi connectivity index (χ3v) is 6.40. The molecule has 2 N–H and O–H groups in total. The Labute approximate surface area is 187 Å². The van der Waals surface area contributed by atoms with Crippen LogP contribution in [0.1, 0.15) is 33.9 Å². The molecule has 3 aromatic rings. The topological polar surface area (TPSA) is 66.6 Å². The fourth-order valence-corrected chi connectivity index (χ4v) is 4.75. The maximum Gasteiger partial charge on any atom is 0.254 e. The predicted molar refractivity (Wildman–Crippen MR) is 127 cm³/mol. The molecule has 4 rings (SSSR count). The lowest BCUT2D eigenvalue weighted by atomic mass is 9.87.